The Kier molecular flexibility index (Phi) is 4.35. The van der Waals surface area contributed by atoms with Crippen molar-refractivity contribution in [1.82, 2.24) is 5.32 Å². The molecule has 1 fully saturated rings. The molecule has 1 aromatic carbocycles. The summed E-state index contributed by atoms with van der Waals surface area (Å²) in [5, 5.41) is 2.90. The summed E-state index contributed by atoms with van der Waals surface area (Å²) in [4.78, 5) is 12.1. The lowest BCUT2D eigenvalue weighted by Gasteiger charge is -2.19. The number of nitrogens with one attached hydrogen (secondary N) is 1. The van der Waals surface area contributed by atoms with E-state index in [9.17, 15) is 9.18 Å². The minimum Gasteiger partial charge on any atom is -0.379 e. The maximum atomic E-state index is 13.1. The average Bonchev–Trinajstić information content (AvgIpc) is 2.79. The molecule has 1 aliphatic carbocycles. The average molecular weight is 316 g/mol. The maximum absolute atomic E-state index is 13.1. The Hall–Kier alpha value is -0.940. The van der Waals surface area contributed by atoms with E-state index in [1.54, 1.807) is 7.11 Å². The summed E-state index contributed by atoms with van der Waals surface area (Å²) in [5.74, 6) is -0.687. The summed E-state index contributed by atoms with van der Waals surface area (Å²) in [6.07, 6.45) is 2.94. The Morgan fingerprint density at radius 1 is 1.50 bits per heavy atom. The second-order valence-electron chi connectivity index (χ2n) is 4.41. The zero-order chi connectivity index (χ0) is 13.1. The van der Waals surface area contributed by atoms with Crippen LogP contribution in [0, 0.1) is 5.82 Å². The fraction of sp³-hybridized carbons (Fsp3) is 0.462. The highest BCUT2D eigenvalue weighted by Crippen LogP contribution is 2.23. The largest absolute Gasteiger partial charge is 0.379 e. The van der Waals surface area contributed by atoms with Gasteiger partial charge in [0.05, 0.1) is 17.7 Å². The van der Waals surface area contributed by atoms with Gasteiger partial charge in [0.2, 0.25) is 0 Å². The third-order valence-electron chi connectivity index (χ3n) is 3.24. The van der Waals surface area contributed by atoms with Gasteiger partial charge in [-0.1, -0.05) is 0 Å². The summed E-state index contributed by atoms with van der Waals surface area (Å²) < 4.78 is 19.0. The van der Waals surface area contributed by atoms with Crippen molar-refractivity contribution in [2.24, 2.45) is 0 Å². The van der Waals surface area contributed by atoms with E-state index in [0.29, 0.717) is 10.0 Å². The van der Waals surface area contributed by atoms with Gasteiger partial charge in [-0.2, -0.15) is 0 Å². The number of benzene rings is 1. The number of methoxy groups -OCH3 is 1. The molecule has 1 N–H and O–H groups in total. The summed E-state index contributed by atoms with van der Waals surface area (Å²) >= 11 is 3.25. The van der Waals surface area contributed by atoms with Gasteiger partial charge in [0, 0.05) is 11.6 Å². The van der Waals surface area contributed by atoms with Crippen molar-refractivity contribution in [2.75, 3.05) is 7.11 Å². The maximum Gasteiger partial charge on any atom is 0.252 e. The number of carbonyl (C=O) groups is 1. The molecule has 2 unspecified atom stereocenters. The van der Waals surface area contributed by atoms with E-state index in [1.807, 2.05) is 0 Å². The van der Waals surface area contributed by atoms with Gasteiger partial charge in [-0.05, 0) is 53.4 Å². The Labute approximate surface area is 114 Å². The zero-order valence-corrected chi connectivity index (χ0v) is 11.7. The van der Waals surface area contributed by atoms with Crippen LogP contribution < -0.4 is 5.32 Å². The van der Waals surface area contributed by atoms with Gasteiger partial charge in [-0.15, -0.1) is 0 Å². The molecule has 0 aliphatic heterocycles. The molecular formula is C13H15BrFNO2. The second-order valence-corrected chi connectivity index (χ2v) is 5.26. The molecule has 2 atom stereocenters. The highest BCUT2D eigenvalue weighted by atomic mass is 79.9. The fourth-order valence-corrected chi connectivity index (χ4v) is 2.72. The third kappa shape index (κ3) is 2.90. The molecule has 98 valence electrons. The first kappa shape index (κ1) is 13.5. The van der Waals surface area contributed by atoms with Crippen molar-refractivity contribution in [3.05, 3.63) is 34.1 Å². The van der Waals surface area contributed by atoms with E-state index in [2.05, 4.69) is 21.2 Å². The first-order valence-corrected chi connectivity index (χ1v) is 6.70. The van der Waals surface area contributed by atoms with Crippen LogP contribution >= 0.6 is 15.9 Å². The smallest absolute Gasteiger partial charge is 0.252 e. The normalized spacial score (nSPS) is 23.1. The number of hydrogen-bond donors (Lipinski definition) is 1. The van der Waals surface area contributed by atoms with Crippen molar-refractivity contribution in [3.63, 3.8) is 0 Å². The van der Waals surface area contributed by atoms with Gasteiger partial charge in [-0.3, -0.25) is 4.79 Å². The molecule has 1 aliphatic rings. The van der Waals surface area contributed by atoms with Crippen molar-refractivity contribution in [2.45, 2.75) is 31.4 Å². The standard InChI is InChI=1S/C13H15BrFNO2/c1-18-12-4-2-3-11(12)16-13(17)9-7-8(15)5-6-10(9)14/h5-7,11-12H,2-4H2,1H3,(H,16,17). The SMILES string of the molecule is COC1CCCC1NC(=O)c1cc(F)ccc1Br. The summed E-state index contributed by atoms with van der Waals surface area (Å²) in [6, 6.07) is 4.09. The molecule has 0 bridgehead atoms. The van der Waals surface area contributed by atoms with E-state index in [-0.39, 0.29) is 18.1 Å². The molecule has 0 saturated heterocycles. The van der Waals surface area contributed by atoms with E-state index < -0.39 is 5.82 Å². The van der Waals surface area contributed by atoms with Crippen molar-refractivity contribution < 1.29 is 13.9 Å². The van der Waals surface area contributed by atoms with Crippen LogP contribution in [-0.2, 0) is 4.74 Å². The molecule has 0 aromatic heterocycles. The van der Waals surface area contributed by atoms with Crippen LogP contribution in [0.4, 0.5) is 4.39 Å². The van der Waals surface area contributed by atoms with Gasteiger partial charge in [0.25, 0.3) is 5.91 Å². The lowest BCUT2D eigenvalue weighted by atomic mass is 10.1. The van der Waals surface area contributed by atoms with E-state index in [1.165, 1.54) is 18.2 Å². The number of halogens is 2. The number of rotatable bonds is 3. The fourth-order valence-electron chi connectivity index (χ4n) is 2.29. The molecule has 1 aromatic rings. The minimum absolute atomic E-state index is 0.0117. The van der Waals surface area contributed by atoms with Crippen LogP contribution in [0.5, 0.6) is 0 Å². The quantitative estimate of drug-likeness (QED) is 0.931. The molecule has 2 rings (SSSR count). The molecule has 3 nitrogen and oxygen atoms in total. The minimum atomic E-state index is -0.418. The highest BCUT2D eigenvalue weighted by molar-refractivity contribution is 9.10. The lowest BCUT2D eigenvalue weighted by molar-refractivity contribution is 0.0721. The Balaban J connectivity index is 2.09. The summed E-state index contributed by atoms with van der Waals surface area (Å²) in [5.41, 5.74) is 0.316. The van der Waals surface area contributed by atoms with E-state index in [4.69, 9.17) is 4.74 Å². The van der Waals surface area contributed by atoms with Gasteiger partial charge in [0.1, 0.15) is 5.82 Å². The molecule has 5 heteroatoms. The molecule has 0 radical (unpaired) electrons. The summed E-state index contributed by atoms with van der Waals surface area (Å²) in [7, 11) is 1.65. The molecule has 1 saturated carbocycles. The van der Waals surface area contributed by atoms with E-state index in [0.717, 1.165) is 19.3 Å². The molecular weight excluding hydrogens is 301 g/mol. The lowest BCUT2D eigenvalue weighted by Crippen LogP contribution is -2.40. The molecule has 0 heterocycles. The Bertz CT molecular complexity index is 453. The van der Waals surface area contributed by atoms with E-state index >= 15 is 0 Å². The molecule has 1 amide bonds. The van der Waals surface area contributed by atoms with Crippen LogP contribution in [-0.4, -0.2) is 25.2 Å². The van der Waals surface area contributed by atoms with Gasteiger partial charge < -0.3 is 10.1 Å². The molecule has 0 spiro atoms. The first-order valence-electron chi connectivity index (χ1n) is 5.90. The Morgan fingerprint density at radius 2 is 2.28 bits per heavy atom. The van der Waals surface area contributed by atoms with Crippen LogP contribution in [0.1, 0.15) is 29.6 Å². The van der Waals surface area contributed by atoms with Crippen LogP contribution in [0.25, 0.3) is 0 Å². The second kappa shape index (κ2) is 5.80. The van der Waals surface area contributed by atoms with Gasteiger partial charge in [0.15, 0.2) is 0 Å². The Morgan fingerprint density at radius 3 is 3.00 bits per heavy atom. The van der Waals surface area contributed by atoms with Gasteiger partial charge in [-0.25, -0.2) is 4.39 Å². The predicted molar refractivity (Wildman–Crippen MR) is 70.0 cm³/mol. The third-order valence-corrected chi connectivity index (χ3v) is 3.94. The zero-order valence-electron chi connectivity index (χ0n) is 10.1. The monoisotopic (exact) mass is 315 g/mol. The number of hydrogen-bond acceptors (Lipinski definition) is 2. The number of amides is 1. The number of carbonyl (C=O) groups excluding carboxylic acids is 1. The van der Waals surface area contributed by atoms with Crippen LogP contribution in [0.3, 0.4) is 0 Å². The predicted octanol–water partition coefficient (Wildman–Crippen LogP) is 2.89. The van der Waals surface area contributed by atoms with Crippen molar-refractivity contribution in [1.29, 1.82) is 0 Å². The van der Waals surface area contributed by atoms with Crippen LogP contribution in [0.15, 0.2) is 22.7 Å². The topological polar surface area (TPSA) is 38.3 Å². The van der Waals surface area contributed by atoms with Crippen molar-refractivity contribution >= 4 is 21.8 Å². The van der Waals surface area contributed by atoms with Crippen molar-refractivity contribution in [3.8, 4) is 0 Å². The number of ether oxygens (including phenoxy) is 1. The summed E-state index contributed by atoms with van der Waals surface area (Å²) in [6.45, 7) is 0. The first-order chi connectivity index (χ1) is 8.61. The highest BCUT2D eigenvalue weighted by Gasteiger charge is 2.29. The van der Waals surface area contributed by atoms with Gasteiger partial charge >= 0.3 is 0 Å². The molecule has 18 heavy (non-hydrogen) atoms. The van der Waals surface area contributed by atoms with Crippen LogP contribution in [0.2, 0.25) is 0 Å².